The van der Waals surface area contributed by atoms with Gasteiger partial charge in [0.15, 0.2) is 0 Å². The number of amides is 1. The third-order valence-electron chi connectivity index (χ3n) is 2.62. The highest BCUT2D eigenvalue weighted by Gasteiger charge is 2.16. The molecule has 0 spiro atoms. The molecule has 4 heteroatoms. The lowest BCUT2D eigenvalue weighted by molar-refractivity contribution is -0.131. The Hall–Kier alpha value is -0.220. The van der Waals surface area contributed by atoms with Gasteiger partial charge in [-0.15, -0.1) is 0 Å². The van der Waals surface area contributed by atoms with Crippen molar-refractivity contribution >= 4 is 17.7 Å². The minimum absolute atomic E-state index is 0.311. The van der Waals surface area contributed by atoms with Gasteiger partial charge in [0.2, 0.25) is 5.91 Å². The average molecular weight is 216 g/mol. The van der Waals surface area contributed by atoms with E-state index in [4.69, 9.17) is 5.73 Å². The molecule has 0 aliphatic carbocycles. The Kier molecular flexibility index (Phi) is 5.33. The van der Waals surface area contributed by atoms with Gasteiger partial charge in [-0.3, -0.25) is 4.79 Å². The van der Waals surface area contributed by atoms with Gasteiger partial charge in [0.05, 0.1) is 0 Å². The number of thioether (sulfide) groups is 1. The fourth-order valence-corrected chi connectivity index (χ4v) is 2.36. The van der Waals surface area contributed by atoms with Crippen molar-refractivity contribution in [2.24, 2.45) is 11.7 Å². The molecule has 0 aromatic heterocycles. The van der Waals surface area contributed by atoms with E-state index in [-0.39, 0.29) is 0 Å². The SMILES string of the molecule is CC(CN)CCC(=O)N1CCSCC1. The molecule has 1 aliphatic rings. The van der Waals surface area contributed by atoms with E-state index in [1.807, 2.05) is 16.7 Å². The Morgan fingerprint density at radius 2 is 2.14 bits per heavy atom. The van der Waals surface area contributed by atoms with Crippen LogP contribution in [0.25, 0.3) is 0 Å². The summed E-state index contributed by atoms with van der Waals surface area (Å²) in [7, 11) is 0. The maximum Gasteiger partial charge on any atom is 0.222 e. The second-order valence-electron chi connectivity index (χ2n) is 3.87. The van der Waals surface area contributed by atoms with Crippen LogP contribution in [0.3, 0.4) is 0 Å². The van der Waals surface area contributed by atoms with Crippen molar-refractivity contribution in [1.82, 2.24) is 4.90 Å². The summed E-state index contributed by atoms with van der Waals surface area (Å²) < 4.78 is 0. The van der Waals surface area contributed by atoms with Gasteiger partial charge in [-0.2, -0.15) is 11.8 Å². The van der Waals surface area contributed by atoms with E-state index in [9.17, 15) is 4.79 Å². The molecule has 0 aromatic rings. The van der Waals surface area contributed by atoms with E-state index in [1.54, 1.807) is 0 Å². The van der Waals surface area contributed by atoms with E-state index in [0.717, 1.165) is 31.0 Å². The molecular formula is C10H20N2OS. The maximum absolute atomic E-state index is 11.7. The zero-order chi connectivity index (χ0) is 10.4. The first-order valence-electron chi connectivity index (χ1n) is 5.29. The number of rotatable bonds is 4. The van der Waals surface area contributed by atoms with Crippen LogP contribution in [0, 0.1) is 5.92 Å². The zero-order valence-electron chi connectivity index (χ0n) is 8.87. The summed E-state index contributed by atoms with van der Waals surface area (Å²) in [6.07, 6.45) is 1.60. The van der Waals surface area contributed by atoms with Gasteiger partial charge in [-0.1, -0.05) is 6.92 Å². The van der Waals surface area contributed by atoms with E-state index in [2.05, 4.69) is 6.92 Å². The minimum atomic E-state index is 0.311. The molecular weight excluding hydrogens is 196 g/mol. The highest BCUT2D eigenvalue weighted by molar-refractivity contribution is 7.99. The number of carbonyl (C=O) groups is 1. The molecule has 1 atom stereocenters. The molecule has 1 amide bonds. The van der Waals surface area contributed by atoms with Crippen LogP contribution in [0.1, 0.15) is 19.8 Å². The van der Waals surface area contributed by atoms with Gasteiger partial charge >= 0.3 is 0 Å². The topological polar surface area (TPSA) is 46.3 Å². The first kappa shape index (κ1) is 11.9. The first-order valence-corrected chi connectivity index (χ1v) is 6.45. The Morgan fingerprint density at radius 1 is 1.50 bits per heavy atom. The summed E-state index contributed by atoms with van der Waals surface area (Å²) in [6, 6.07) is 0. The lowest BCUT2D eigenvalue weighted by atomic mass is 10.1. The van der Waals surface area contributed by atoms with Gasteiger partial charge in [0.1, 0.15) is 0 Å². The molecule has 1 rings (SSSR count). The summed E-state index contributed by atoms with van der Waals surface area (Å²) in [5, 5.41) is 0. The van der Waals surface area contributed by atoms with Gasteiger partial charge in [-0.25, -0.2) is 0 Å². The van der Waals surface area contributed by atoms with E-state index >= 15 is 0 Å². The van der Waals surface area contributed by atoms with Crippen molar-refractivity contribution in [3.05, 3.63) is 0 Å². The van der Waals surface area contributed by atoms with Crippen molar-refractivity contribution in [1.29, 1.82) is 0 Å². The zero-order valence-corrected chi connectivity index (χ0v) is 9.68. The molecule has 2 N–H and O–H groups in total. The molecule has 0 aromatic carbocycles. The fourth-order valence-electron chi connectivity index (χ4n) is 1.46. The summed E-state index contributed by atoms with van der Waals surface area (Å²) >= 11 is 1.93. The summed E-state index contributed by atoms with van der Waals surface area (Å²) in [5.74, 6) is 2.97. The van der Waals surface area contributed by atoms with Crippen LogP contribution in [0.15, 0.2) is 0 Å². The second-order valence-corrected chi connectivity index (χ2v) is 5.10. The Bertz CT molecular complexity index is 181. The number of hydrogen-bond donors (Lipinski definition) is 1. The minimum Gasteiger partial charge on any atom is -0.341 e. The van der Waals surface area contributed by atoms with Gasteiger partial charge in [0.25, 0.3) is 0 Å². The summed E-state index contributed by atoms with van der Waals surface area (Å²) in [5.41, 5.74) is 5.51. The van der Waals surface area contributed by atoms with Crippen molar-refractivity contribution in [3.63, 3.8) is 0 Å². The van der Waals surface area contributed by atoms with Crippen LogP contribution in [-0.4, -0.2) is 41.9 Å². The van der Waals surface area contributed by atoms with Crippen LogP contribution < -0.4 is 5.73 Å². The summed E-state index contributed by atoms with van der Waals surface area (Å²) in [6.45, 7) is 4.64. The van der Waals surface area contributed by atoms with Crippen molar-refractivity contribution in [3.8, 4) is 0 Å². The first-order chi connectivity index (χ1) is 6.74. The molecule has 0 bridgehead atoms. The summed E-state index contributed by atoms with van der Waals surface area (Å²) in [4.78, 5) is 13.7. The van der Waals surface area contributed by atoms with Crippen molar-refractivity contribution < 1.29 is 4.79 Å². The Balaban J connectivity index is 2.19. The van der Waals surface area contributed by atoms with Crippen LogP contribution in [-0.2, 0) is 4.79 Å². The molecule has 1 saturated heterocycles. The quantitative estimate of drug-likeness (QED) is 0.760. The predicted molar refractivity (Wildman–Crippen MR) is 61.4 cm³/mol. The third-order valence-corrected chi connectivity index (χ3v) is 3.56. The van der Waals surface area contributed by atoms with Crippen LogP contribution in [0.5, 0.6) is 0 Å². The largest absolute Gasteiger partial charge is 0.341 e. The number of nitrogens with zero attached hydrogens (tertiary/aromatic N) is 1. The van der Waals surface area contributed by atoms with Crippen LogP contribution in [0.2, 0.25) is 0 Å². The van der Waals surface area contributed by atoms with Crippen molar-refractivity contribution in [2.45, 2.75) is 19.8 Å². The molecule has 3 nitrogen and oxygen atoms in total. The number of nitrogens with two attached hydrogens (primary N) is 1. The van der Waals surface area contributed by atoms with Crippen LogP contribution >= 0.6 is 11.8 Å². The average Bonchev–Trinajstić information content (AvgIpc) is 2.26. The van der Waals surface area contributed by atoms with E-state index in [1.165, 1.54) is 0 Å². The molecule has 82 valence electrons. The van der Waals surface area contributed by atoms with Gasteiger partial charge < -0.3 is 10.6 Å². The molecule has 0 saturated carbocycles. The molecule has 14 heavy (non-hydrogen) atoms. The highest BCUT2D eigenvalue weighted by atomic mass is 32.2. The molecule has 1 aliphatic heterocycles. The predicted octanol–water partition coefficient (Wildman–Crippen LogP) is 0.937. The Morgan fingerprint density at radius 3 is 2.71 bits per heavy atom. The lowest BCUT2D eigenvalue weighted by Crippen LogP contribution is -2.38. The fraction of sp³-hybridized carbons (Fsp3) is 0.900. The second kappa shape index (κ2) is 6.30. The Labute approximate surface area is 90.4 Å². The third kappa shape index (κ3) is 3.88. The highest BCUT2D eigenvalue weighted by Crippen LogP contribution is 2.12. The number of carbonyl (C=O) groups excluding carboxylic acids is 1. The maximum atomic E-state index is 11.7. The van der Waals surface area contributed by atoms with Gasteiger partial charge in [0, 0.05) is 31.0 Å². The van der Waals surface area contributed by atoms with E-state index in [0.29, 0.717) is 24.8 Å². The van der Waals surface area contributed by atoms with Gasteiger partial charge in [-0.05, 0) is 18.9 Å². The molecule has 1 fully saturated rings. The lowest BCUT2D eigenvalue weighted by Gasteiger charge is -2.26. The smallest absolute Gasteiger partial charge is 0.222 e. The monoisotopic (exact) mass is 216 g/mol. The van der Waals surface area contributed by atoms with Crippen molar-refractivity contribution in [2.75, 3.05) is 31.1 Å². The van der Waals surface area contributed by atoms with E-state index < -0.39 is 0 Å². The standard InChI is InChI=1S/C10H20N2OS/c1-9(8-11)2-3-10(13)12-4-6-14-7-5-12/h9H,2-8,11H2,1H3. The molecule has 1 unspecified atom stereocenters. The molecule has 0 radical (unpaired) electrons. The normalized spacial score (nSPS) is 19.4. The molecule has 1 heterocycles. The van der Waals surface area contributed by atoms with Crippen LogP contribution in [0.4, 0.5) is 0 Å². The number of hydrogen-bond acceptors (Lipinski definition) is 3.